The fraction of sp³-hybridized carbons (Fsp3) is 0.133. The van der Waals surface area contributed by atoms with Crippen molar-refractivity contribution < 1.29 is 9.84 Å². The second kappa shape index (κ2) is 4.80. The van der Waals surface area contributed by atoms with E-state index in [9.17, 15) is 5.11 Å². The van der Waals surface area contributed by atoms with E-state index in [1.165, 1.54) is 0 Å². The van der Waals surface area contributed by atoms with Gasteiger partial charge in [-0.25, -0.2) is 0 Å². The monoisotopic (exact) mass is 239 g/mol. The van der Waals surface area contributed by atoms with Gasteiger partial charge in [0.25, 0.3) is 0 Å². The summed E-state index contributed by atoms with van der Waals surface area (Å²) in [5.41, 5.74) is 1.42. The van der Waals surface area contributed by atoms with E-state index in [-0.39, 0.29) is 5.76 Å². The van der Waals surface area contributed by atoms with Gasteiger partial charge in [0.2, 0.25) is 0 Å². The Hall–Kier alpha value is -2.47. The number of aliphatic hydroxyl groups excluding tert-OH is 1. The minimum absolute atomic E-state index is 0.247. The molecule has 0 aliphatic heterocycles. The predicted molar refractivity (Wildman–Crippen MR) is 71.3 cm³/mol. The fourth-order valence-corrected chi connectivity index (χ4v) is 1.80. The van der Waals surface area contributed by atoms with Crippen LogP contribution in [0.2, 0.25) is 0 Å². The van der Waals surface area contributed by atoms with Gasteiger partial charge in [-0.15, -0.1) is 0 Å². The lowest BCUT2D eigenvalue weighted by Crippen LogP contribution is -1.87. The highest BCUT2D eigenvalue weighted by atomic mass is 16.5. The molecule has 0 fully saturated rings. The maximum atomic E-state index is 9.43. The molecule has 3 nitrogen and oxygen atoms in total. The summed E-state index contributed by atoms with van der Waals surface area (Å²) in [6.45, 7) is 1.73. The van der Waals surface area contributed by atoms with Crippen LogP contribution in [-0.2, 0) is 0 Å². The minimum Gasteiger partial charge on any atom is -0.499 e. The average Bonchev–Trinajstić information content (AvgIpc) is 2.44. The van der Waals surface area contributed by atoms with Crippen molar-refractivity contribution in [1.82, 2.24) is 0 Å². The molecule has 0 atom stereocenters. The second-order valence-corrected chi connectivity index (χ2v) is 4.01. The van der Waals surface area contributed by atoms with Gasteiger partial charge in [-0.2, -0.15) is 5.26 Å². The molecule has 0 radical (unpaired) electrons. The molecule has 0 heterocycles. The molecule has 0 amide bonds. The van der Waals surface area contributed by atoms with Gasteiger partial charge < -0.3 is 9.84 Å². The third-order valence-corrected chi connectivity index (χ3v) is 2.94. The molecule has 0 spiro atoms. The number of fused-ring (bicyclic) bond motifs is 1. The first-order valence-corrected chi connectivity index (χ1v) is 5.54. The zero-order valence-electron chi connectivity index (χ0n) is 10.3. The number of hydrogen-bond donors (Lipinski definition) is 1. The molecule has 0 saturated heterocycles. The molecule has 0 aliphatic carbocycles. The first-order valence-electron chi connectivity index (χ1n) is 5.54. The highest BCUT2D eigenvalue weighted by Crippen LogP contribution is 2.25. The lowest BCUT2D eigenvalue weighted by atomic mass is 10.0. The largest absolute Gasteiger partial charge is 0.499 e. The van der Waals surface area contributed by atoms with Crippen molar-refractivity contribution >= 4 is 16.3 Å². The van der Waals surface area contributed by atoms with Crippen LogP contribution in [0.4, 0.5) is 0 Å². The van der Waals surface area contributed by atoms with Gasteiger partial charge in [0.1, 0.15) is 11.8 Å². The SMILES string of the molecule is COc1ccc2cc(/C(C)=C(/O)C#N)ccc2c1. The lowest BCUT2D eigenvalue weighted by Gasteiger charge is -2.06. The van der Waals surface area contributed by atoms with Gasteiger partial charge in [-0.1, -0.05) is 18.2 Å². The molecule has 0 unspecified atom stereocenters. The third-order valence-electron chi connectivity index (χ3n) is 2.94. The first kappa shape index (κ1) is 12.0. The number of nitrogens with zero attached hydrogens (tertiary/aromatic N) is 1. The fourth-order valence-electron chi connectivity index (χ4n) is 1.80. The Kier molecular flexibility index (Phi) is 3.20. The Morgan fingerprint density at radius 2 is 1.83 bits per heavy atom. The van der Waals surface area contributed by atoms with E-state index in [0.717, 1.165) is 22.1 Å². The Labute approximate surface area is 106 Å². The van der Waals surface area contributed by atoms with Gasteiger partial charge in [0.15, 0.2) is 5.76 Å². The topological polar surface area (TPSA) is 53.2 Å². The molecular formula is C15H13NO2. The molecule has 3 heteroatoms. The maximum Gasteiger partial charge on any atom is 0.198 e. The van der Waals surface area contributed by atoms with Crippen LogP contribution in [0.5, 0.6) is 5.75 Å². The van der Waals surface area contributed by atoms with Crippen molar-refractivity contribution in [1.29, 1.82) is 5.26 Å². The Morgan fingerprint density at radius 1 is 1.17 bits per heavy atom. The van der Waals surface area contributed by atoms with Crippen molar-refractivity contribution in [2.75, 3.05) is 7.11 Å². The highest BCUT2D eigenvalue weighted by molar-refractivity contribution is 5.87. The summed E-state index contributed by atoms with van der Waals surface area (Å²) < 4.78 is 5.16. The molecule has 90 valence electrons. The van der Waals surface area contributed by atoms with Gasteiger partial charge in [-0.3, -0.25) is 0 Å². The normalized spacial score (nSPS) is 11.8. The van der Waals surface area contributed by atoms with Crippen molar-refractivity contribution in [2.24, 2.45) is 0 Å². The molecule has 0 saturated carbocycles. The zero-order valence-corrected chi connectivity index (χ0v) is 10.3. The van der Waals surface area contributed by atoms with Crippen LogP contribution in [0.1, 0.15) is 12.5 Å². The number of nitriles is 1. The van der Waals surface area contributed by atoms with E-state index in [2.05, 4.69) is 0 Å². The smallest absolute Gasteiger partial charge is 0.198 e. The Balaban J connectivity index is 2.56. The quantitative estimate of drug-likeness (QED) is 0.494. The molecular weight excluding hydrogens is 226 g/mol. The van der Waals surface area contributed by atoms with Crippen LogP contribution in [0.25, 0.3) is 16.3 Å². The van der Waals surface area contributed by atoms with E-state index >= 15 is 0 Å². The molecule has 0 aliphatic rings. The van der Waals surface area contributed by atoms with Crippen LogP contribution in [-0.4, -0.2) is 12.2 Å². The van der Waals surface area contributed by atoms with E-state index in [4.69, 9.17) is 10.00 Å². The molecule has 2 aromatic rings. The summed E-state index contributed by atoms with van der Waals surface area (Å²) in [5, 5.41) is 20.2. The van der Waals surface area contributed by atoms with E-state index < -0.39 is 0 Å². The van der Waals surface area contributed by atoms with Crippen LogP contribution in [0, 0.1) is 11.3 Å². The summed E-state index contributed by atoms with van der Waals surface area (Å²) in [6.07, 6.45) is 0. The standard InChI is InChI=1S/C15H13NO2/c1-10(15(17)9-16)11-3-4-13-8-14(18-2)6-5-12(13)7-11/h3-8,17H,1-2H3/b15-10+. The van der Waals surface area contributed by atoms with Gasteiger partial charge in [0, 0.05) is 5.57 Å². The number of ether oxygens (including phenoxy) is 1. The van der Waals surface area contributed by atoms with Gasteiger partial charge in [0.05, 0.1) is 7.11 Å². The summed E-state index contributed by atoms with van der Waals surface area (Å²) in [6, 6.07) is 13.3. The number of benzene rings is 2. The van der Waals surface area contributed by atoms with Crippen molar-refractivity contribution in [3.8, 4) is 11.8 Å². The lowest BCUT2D eigenvalue weighted by molar-refractivity contribution is 0.415. The van der Waals surface area contributed by atoms with Crippen LogP contribution in [0.3, 0.4) is 0 Å². The second-order valence-electron chi connectivity index (χ2n) is 4.01. The van der Waals surface area contributed by atoms with Gasteiger partial charge >= 0.3 is 0 Å². The van der Waals surface area contributed by atoms with E-state index in [1.54, 1.807) is 20.1 Å². The van der Waals surface area contributed by atoms with E-state index in [0.29, 0.717) is 5.57 Å². The number of hydrogen-bond acceptors (Lipinski definition) is 3. The van der Waals surface area contributed by atoms with Crippen molar-refractivity contribution in [2.45, 2.75) is 6.92 Å². The summed E-state index contributed by atoms with van der Waals surface area (Å²) in [7, 11) is 1.63. The van der Waals surface area contributed by atoms with Gasteiger partial charge in [-0.05, 0) is 41.5 Å². The van der Waals surface area contributed by atoms with Crippen LogP contribution < -0.4 is 4.74 Å². The summed E-state index contributed by atoms with van der Waals surface area (Å²) in [4.78, 5) is 0. The molecule has 1 N–H and O–H groups in total. The molecule has 2 aromatic carbocycles. The minimum atomic E-state index is -0.247. The first-order chi connectivity index (χ1) is 8.65. The van der Waals surface area contributed by atoms with Crippen molar-refractivity contribution in [3.63, 3.8) is 0 Å². The third kappa shape index (κ3) is 2.14. The zero-order chi connectivity index (χ0) is 13.1. The molecule has 0 aromatic heterocycles. The van der Waals surface area contributed by atoms with Crippen molar-refractivity contribution in [3.05, 3.63) is 47.7 Å². The Bertz CT molecular complexity index is 666. The van der Waals surface area contributed by atoms with Crippen LogP contribution in [0.15, 0.2) is 42.2 Å². The molecule has 2 rings (SSSR count). The number of aliphatic hydroxyl groups is 1. The number of rotatable bonds is 2. The van der Waals surface area contributed by atoms with E-state index in [1.807, 2.05) is 36.4 Å². The average molecular weight is 239 g/mol. The predicted octanol–water partition coefficient (Wildman–Crippen LogP) is 3.66. The number of allylic oxidation sites excluding steroid dienone is 2. The summed E-state index contributed by atoms with van der Waals surface area (Å²) >= 11 is 0. The molecule has 0 bridgehead atoms. The Morgan fingerprint density at radius 3 is 2.50 bits per heavy atom. The number of methoxy groups -OCH3 is 1. The van der Waals surface area contributed by atoms with Crippen LogP contribution >= 0.6 is 0 Å². The maximum absolute atomic E-state index is 9.43. The summed E-state index contributed by atoms with van der Waals surface area (Å²) in [5.74, 6) is 0.560. The molecule has 18 heavy (non-hydrogen) atoms. The highest BCUT2D eigenvalue weighted by Gasteiger charge is 2.04.